The monoisotopic (exact) mass is 176 g/mol. The van der Waals surface area contributed by atoms with E-state index in [-0.39, 0.29) is 6.04 Å². The fourth-order valence-electron chi connectivity index (χ4n) is 0.632. The van der Waals surface area contributed by atoms with Gasteiger partial charge in [0, 0.05) is 19.7 Å². The molecule has 0 saturated carbocycles. The van der Waals surface area contributed by atoms with E-state index in [1.165, 1.54) is 0 Å². The van der Waals surface area contributed by atoms with E-state index in [1.54, 1.807) is 7.05 Å². The van der Waals surface area contributed by atoms with Crippen molar-refractivity contribution in [3.05, 3.63) is 0 Å². The number of rotatable bonds is 4. The number of ether oxygens (including phenoxy) is 1. The van der Waals surface area contributed by atoms with Gasteiger partial charge in [0.15, 0.2) is 5.11 Å². The first-order valence-corrected chi connectivity index (χ1v) is 4.17. The summed E-state index contributed by atoms with van der Waals surface area (Å²) in [6.07, 6.45) is 0. The highest BCUT2D eigenvalue weighted by Crippen LogP contribution is 1.83. The largest absolute Gasteiger partial charge is 0.380 e. The summed E-state index contributed by atoms with van der Waals surface area (Å²) in [5.74, 6) is 0. The molecule has 0 radical (unpaired) electrons. The molecule has 0 aliphatic rings. The van der Waals surface area contributed by atoms with E-state index in [0.29, 0.717) is 11.7 Å². The topological polar surface area (TPSA) is 33.3 Å². The predicted molar refractivity (Wildman–Crippen MR) is 50.7 cm³/mol. The molecule has 3 nitrogen and oxygen atoms in total. The molecule has 4 heteroatoms. The van der Waals surface area contributed by atoms with Crippen molar-refractivity contribution < 1.29 is 4.74 Å². The van der Waals surface area contributed by atoms with E-state index in [2.05, 4.69) is 10.6 Å². The molecule has 0 aliphatic heterocycles. The maximum atomic E-state index is 5.19. The van der Waals surface area contributed by atoms with Crippen LogP contribution in [0.4, 0.5) is 0 Å². The molecule has 0 amide bonds. The Bertz CT molecular complexity index is 119. The van der Waals surface area contributed by atoms with Crippen LogP contribution in [0.3, 0.4) is 0 Å². The molecule has 0 fully saturated rings. The van der Waals surface area contributed by atoms with Crippen LogP contribution in [0.2, 0.25) is 0 Å². The minimum absolute atomic E-state index is 0.273. The Kier molecular flexibility index (Phi) is 6.16. The van der Waals surface area contributed by atoms with Crippen molar-refractivity contribution >= 4 is 17.3 Å². The van der Waals surface area contributed by atoms with Gasteiger partial charge in [0.2, 0.25) is 0 Å². The van der Waals surface area contributed by atoms with Crippen LogP contribution < -0.4 is 10.6 Å². The Morgan fingerprint density at radius 1 is 1.64 bits per heavy atom. The number of hydrogen-bond acceptors (Lipinski definition) is 2. The standard InChI is InChI=1S/C7H16N2OS/c1-4-10-5-6(2)9-7(11)8-3/h6H,4-5H2,1-3H3,(H2,8,9,11). The van der Waals surface area contributed by atoms with Gasteiger partial charge < -0.3 is 15.4 Å². The molecule has 66 valence electrons. The highest BCUT2D eigenvalue weighted by molar-refractivity contribution is 7.80. The average Bonchev–Trinajstić information content (AvgIpc) is 2.00. The van der Waals surface area contributed by atoms with Gasteiger partial charge in [-0.25, -0.2) is 0 Å². The van der Waals surface area contributed by atoms with Gasteiger partial charge in [0.05, 0.1) is 6.61 Å². The van der Waals surface area contributed by atoms with Crippen LogP contribution in [0.15, 0.2) is 0 Å². The molecule has 1 unspecified atom stereocenters. The highest BCUT2D eigenvalue weighted by atomic mass is 32.1. The molecule has 11 heavy (non-hydrogen) atoms. The first-order chi connectivity index (χ1) is 5.20. The van der Waals surface area contributed by atoms with E-state index >= 15 is 0 Å². The summed E-state index contributed by atoms with van der Waals surface area (Å²) < 4.78 is 5.19. The lowest BCUT2D eigenvalue weighted by molar-refractivity contribution is 0.132. The molecular weight excluding hydrogens is 160 g/mol. The zero-order chi connectivity index (χ0) is 8.69. The maximum absolute atomic E-state index is 5.19. The van der Waals surface area contributed by atoms with Gasteiger partial charge in [-0.2, -0.15) is 0 Å². The molecule has 2 N–H and O–H groups in total. The second-order valence-corrected chi connectivity index (χ2v) is 2.69. The summed E-state index contributed by atoms with van der Waals surface area (Å²) in [5.41, 5.74) is 0. The van der Waals surface area contributed by atoms with Gasteiger partial charge >= 0.3 is 0 Å². The van der Waals surface area contributed by atoms with Crippen LogP contribution in [-0.4, -0.2) is 31.4 Å². The lowest BCUT2D eigenvalue weighted by Crippen LogP contribution is -2.40. The van der Waals surface area contributed by atoms with E-state index in [9.17, 15) is 0 Å². The summed E-state index contributed by atoms with van der Waals surface area (Å²) >= 11 is 4.90. The number of hydrogen-bond donors (Lipinski definition) is 2. The zero-order valence-corrected chi connectivity index (χ0v) is 8.12. The molecule has 0 aromatic rings. The van der Waals surface area contributed by atoms with Crippen molar-refractivity contribution in [2.45, 2.75) is 19.9 Å². The van der Waals surface area contributed by atoms with E-state index < -0.39 is 0 Å². The van der Waals surface area contributed by atoms with Gasteiger partial charge in [-0.1, -0.05) is 0 Å². The first-order valence-electron chi connectivity index (χ1n) is 3.76. The molecule has 0 aromatic carbocycles. The van der Waals surface area contributed by atoms with Crippen LogP contribution in [-0.2, 0) is 4.74 Å². The molecule has 0 rings (SSSR count). The Hall–Kier alpha value is -0.350. The van der Waals surface area contributed by atoms with Crippen molar-refractivity contribution in [1.29, 1.82) is 0 Å². The number of nitrogens with one attached hydrogen (secondary N) is 2. The smallest absolute Gasteiger partial charge is 0.166 e. The van der Waals surface area contributed by atoms with Gasteiger partial charge in [-0.15, -0.1) is 0 Å². The van der Waals surface area contributed by atoms with Crippen molar-refractivity contribution in [3.8, 4) is 0 Å². The van der Waals surface area contributed by atoms with Crippen LogP contribution in [0.25, 0.3) is 0 Å². The molecule has 0 aliphatic carbocycles. The maximum Gasteiger partial charge on any atom is 0.166 e. The van der Waals surface area contributed by atoms with Crippen molar-refractivity contribution in [1.82, 2.24) is 10.6 Å². The SMILES string of the molecule is CCOCC(C)NC(=S)NC. The van der Waals surface area contributed by atoms with Crippen LogP contribution in [0.5, 0.6) is 0 Å². The summed E-state index contributed by atoms with van der Waals surface area (Å²) in [6, 6.07) is 0.273. The Morgan fingerprint density at radius 3 is 2.73 bits per heavy atom. The van der Waals surface area contributed by atoms with E-state index in [4.69, 9.17) is 17.0 Å². The lowest BCUT2D eigenvalue weighted by atomic mass is 10.4. The molecule has 0 aromatic heterocycles. The summed E-state index contributed by atoms with van der Waals surface area (Å²) in [6.45, 7) is 5.44. The van der Waals surface area contributed by atoms with Crippen molar-refractivity contribution in [3.63, 3.8) is 0 Å². The Morgan fingerprint density at radius 2 is 2.27 bits per heavy atom. The third kappa shape index (κ3) is 6.06. The predicted octanol–water partition coefficient (Wildman–Crippen LogP) is 0.505. The first kappa shape index (κ1) is 10.7. The normalized spacial score (nSPS) is 12.3. The van der Waals surface area contributed by atoms with Crippen LogP contribution >= 0.6 is 12.2 Å². The molecule has 0 spiro atoms. The molecule has 0 bridgehead atoms. The van der Waals surface area contributed by atoms with E-state index in [1.807, 2.05) is 13.8 Å². The third-order valence-corrected chi connectivity index (χ3v) is 1.50. The molecule has 1 atom stereocenters. The quantitative estimate of drug-likeness (QED) is 0.611. The zero-order valence-electron chi connectivity index (χ0n) is 7.31. The Balaban J connectivity index is 3.35. The minimum Gasteiger partial charge on any atom is -0.380 e. The van der Waals surface area contributed by atoms with Crippen LogP contribution in [0.1, 0.15) is 13.8 Å². The second kappa shape index (κ2) is 6.37. The lowest BCUT2D eigenvalue weighted by Gasteiger charge is -2.14. The van der Waals surface area contributed by atoms with Crippen LogP contribution in [0, 0.1) is 0 Å². The van der Waals surface area contributed by atoms with Gasteiger partial charge in [0.1, 0.15) is 0 Å². The van der Waals surface area contributed by atoms with E-state index in [0.717, 1.165) is 6.61 Å². The summed E-state index contributed by atoms with van der Waals surface area (Å²) in [4.78, 5) is 0. The van der Waals surface area contributed by atoms with Gasteiger partial charge in [0.25, 0.3) is 0 Å². The molecule has 0 saturated heterocycles. The third-order valence-electron chi connectivity index (χ3n) is 1.18. The highest BCUT2D eigenvalue weighted by Gasteiger charge is 2.00. The summed E-state index contributed by atoms with van der Waals surface area (Å²) in [5, 5.41) is 6.56. The van der Waals surface area contributed by atoms with Crippen molar-refractivity contribution in [2.75, 3.05) is 20.3 Å². The van der Waals surface area contributed by atoms with Gasteiger partial charge in [-0.3, -0.25) is 0 Å². The Labute approximate surface area is 73.5 Å². The van der Waals surface area contributed by atoms with Crippen molar-refractivity contribution in [2.24, 2.45) is 0 Å². The van der Waals surface area contributed by atoms with Gasteiger partial charge in [-0.05, 0) is 26.1 Å². The fraction of sp³-hybridized carbons (Fsp3) is 0.857. The second-order valence-electron chi connectivity index (χ2n) is 2.28. The molecular formula is C7H16N2OS. The summed E-state index contributed by atoms with van der Waals surface area (Å²) in [7, 11) is 1.79. The number of thiocarbonyl (C=S) groups is 1. The fourth-order valence-corrected chi connectivity index (χ4v) is 0.833. The minimum atomic E-state index is 0.273. The molecule has 0 heterocycles. The average molecular weight is 176 g/mol.